The summed E-state index contributed by atoms with van der Waals surface area (Å²) in [6, 6.07) is 11.2. The maximum atomic E-state index is 14.3. The monoisotopic (exact) mass is 571 g/mol. The van der Waals surface area contributed by atoms with E-state index in [4.69, 9.17) is 9.47 Å². The predicted molar refractivity (Wildman–Crippen MR) is 163 cm³/mol. The molecule has 0 fully saturated rings. The lowest BCUT2D eigenvalue weighted by molar-refractivity contribution is -0.141. The maximum Gasteiger partial charge on any atom is 0.408 e. The molecule has 0 saturated heterocycles. The summed E-state index contributed by atoms with van der Waals surface area (Å²) in [6.45, 7) is 11.6. The van der Waals surface area contributed by atoms with Gasteiger partial charge in [-0.2, -0.15) is 11.8 Å². The third-order valence-corrected chi connectivity index (χ3v) is 6.93. The second kappa shape index (κ2) is 15.6. The highest BCUT2D eigenvalue weighted by Gasteiger charge is 2.36. The van der Waals surface area contributed by atoms with Crippen molar-refractivity contribution in [2.24, 2.45) is 0 Å². The number of hydrogen-bond donors (Lipinski definition) is 2. The van der Waals surface area contributed by atoms with Gasteiger partial charge in [0.15, 0.2) is 0 Å². The molecule has 0 heterocycles. The van der Waals surface area contributed by atoms with E-state index in [0.29, 0.717) is 36.6 Å². The fourth-order valence-corrected chi connectivity index (χ4v) is 4.70. The summed E-state index contributed by atoms with van der Waals surface area (Å²) in [6.07, 6.45) is 3.23. The van der Waals surface area contributed by atoms with Crippen LogP contribution in [0.2, 0.25) is 0 Å². The number of nitrogens with one attached hydrogen (secondary N) is 2. The first-order valence-corrected chi connectivity index (χ1v) is 15.1. The van der Waals surface area contributed by atoms with Crippen LogP contribution in [0.15, 0.2) is 42.5 Å². The zero-order chi connectivity index (χ0) is 29.9. The van der Waals surface area contributed by atoms with E-state index >= 15 is 0 Å². The average Bonchev–Trinajstić information content (AvgIpc) is 2.89. The van der Waals surface area contributed by atoms with Gasteiger partial charge in [0.05, 0.1) is 7.11 Å². The summed E-state index contributed by atoms with van der Waals surface area (Å²) in [5.41, 5.74) is 2.51. The van der Waals surface area contributed by atoms with Gasteiger partial charge in [-0.15, -0.1) is 0 Å². The Morgan fingerprint density at radius 3 is 2.30 bits per heavy atom. The van der Waals surface area contributed by atoms with Gasteiger partial charge < -0.3 is 25.0 Å². The Bertz CT molecular complexity index is 1130. The molecular formula is C31H45N3O5S. The van der Waals surface area contributed by atoms with Crippen LogP contribution in [-0.4, -0.2) is 60.1 Å². The molecule has 2 rings (SSSR count). The van der Waals surface area contributed by atoms with Crippen molar-refractivity contribution >= 4 is 35.4 Å². The maximum absolute atomic E-state index is 14.3. The van der Waals surface area contributed by atoms with E-state index in [2.05, 4.69) is 10.6 Å². The number of hydrogen-bond acceptors (Lipinski definition) is 6. The molecular weight excluding hydrogens is 526 g/mol. The van der Waals surface area contributed by atoms with Crippen molar-refractivity contribution in [2.75, 3.05) is 31.0 Å². The molecule has 220 valence electrons. The largest absolute Gasteiger partial charge is 0.497 e. The number of thioether (sulfide) groups is 1. The number of aryl methyl sites for hydroxylation is 2. The van der Waals surface area contributed by atoms with Crippen molar-refractivity contribution in [3.05, 3.63) is 59.2 Å². The fourth-order valence-electron chi connectivity index (χ4n) is 4.23. The number of alkyl carbamates (subject to hydrolysis) is 1. The van der Waals surface area contributed by atoms with E-state index in [1.54, 1.807) is 68.8 Å². The number of rotatable bonds is 13. The first-order valence-electron chi connectivity index (χ1n) is 13.7. The molecule has 0 saturated carbocycles. The molecule has 0 aliphatic rings. The van der Waals surface area contributed by atoms with Crippen LogP contribution in [0.1, 0.15) is 69.7 Å². The van der Waals surface area contributed by atoms with Gasteiger partial charge in [-0.05, 0) is 94.9 Å². The van der Waals surface area contributed by atoms with Crippen LogP contribution in [0.25, 0.3) is 0 Å². The standard InChI is InChI=1S/C31H45N3O5S/c1-9-10-18-34(29(36)26(17-19-40-8)33-30(37)39-31(4,5)6)27(25-20-21(2)11-12-22(25)3)28(35)32-23-13-15-24(38-7)16-14-23/h11-16,20,26-27H,9-10,17-19H2,1-8H3,(H,32,35)(H,33,37). The summed E-state index contributed by atoms with van der Waals surface area (Å²) < 4.78 is 10.7. The number of benzene rings is 2. The van der Waals surface area contributed by atoms with Crippen molar-refractivity contribution in [2.45, 2.75) is 78.5 Å². The van der Waals surface area contributed by atoms with Crippen LogP contribution in [-0.2, 0) is 14.3 Å². The zero-order valence-corrected chi connectivity index (χ0v) is 25.9. The van der Waals surface area contributed by atoms with Gasteiger partial charge in [-0.1, -0.05) is 37.1 Å². The number of carbonyl (C=O) groups excluding carboxylic acids is 3. The van der Waals surface area contributed by atoms with E-state index in [1.807, 2.05) is 45.2 Å². The highest BCUT2D eigenvalue weighted by molar-refractivity contribution is 7.98. The Kier molecular flexibility index (Phi) is 12.8. The first kappa shape index (κ1) is 33.0. The van der Waals surface area contributed by atoms with E-state index in [1.165, 1.54) is 0 Å². The topological polar surface area (TPSA) is 97.0 Å². The highest BCUT2D eigenvalue weighted by Crippen LogP contribution is 2.29. The third kappa shape index (κ3) is 10.1. The smallest absolute Gasteiger partial charge is 0.408 e. The Labute approximate surface area is 243 Å². The Balaban J connectivity index is 2.55. The van der Waals surface area contributed by atoms with Crippen molar-refractivity contribution in [1.29, 1.82) is 0 Å². The van der Waals surface area contributed by atoms with E-state index < -0.39 is 23.8 Å². The fraction of sp³-hybridized carbons (Fsp3) is 0.516. The average molecular weight is 572 g/mol. The van der Waals surface area contributed by atoms with Gasteiger partial charge in [0.1, 0.15) is 23.4 Å². The van der Waals surface area contributed by atoms with Crippen LogP contribution in [0, 0.1) is 13.8 Å². The molecule has 2 unspecified atom stereocenters. The molecule has 2 atom stereocenters. The minimum absolute atomic E-state index is 0.316. The van der Waals surface area contributed by atoms with Crippen molar-refractivity contribution in [3.8, 4) is 5.75 Å². The Hall–Kier alpha value is -3.20. The van der Waals surface area contributed by atoms with Crippen molar-refractivity contribution in [1.82, 2.24) is 10.2 Å². The zero-order valence-electron chi connectivity index (χ0n) is 25.1. The van der Waals surface area contributed by atoms with Gasteiger partial charge in [-0.25, -0.2) is 4.79 Å². The van der Waals surface area contributed by atoms with Crippen LogP contribution in [0.3, 0.4) is 0 Å². The molecule has 0 bridgehead atoms. The van der Waals surface area contributed by atoms with Gasteiger partial charge >= 0.3 is 6.09 Å². The molecule has 40 heavy (non-hydrogen) atoms. The lowest BCUT2D eigenvalue weighted by atomic mass is 9.95. The molecule has 9 heteroatoms. The summed E-state index contributed by atoms with van der Waals surface area (Å²) >= 11 is 1.59. The quantitative estimate of drug-likeness (QED) is 0.294. The Morgan fingerprint density at radius 2 is 1.73 bits per heavy atom. The summed E-state index contributed by atoms with van der Waals surface area (Å²) in [4.78, 5) is 42.6. The molecule has 2 aromatic carbocycles. The van der Waals surface area contributed by atoms with Crippen LogP contribution < -0.4 is 15.4 Å². The minimum Gasteiger partial charge on any atom is -0.497 e. The van der Waals surface area contributed by atoms with Gasteiger partial charge in [-0.3, -0.25) is 9.59 Å². The van der Waals surface area contributed by atoms with Gasteiger partial charge in [0, 0.05) is 12.2 Å². The molecule has 0 aliphatic carbocycles. The number of ether oxygens (including phenoxy) is 2. The third-order valence-electron chi connectivity index (χ3n) is 6.28. The van der Waals surface area contributed by atoms with Gasteiger partial charge in [0.25, 0.3) is 5.91 Å². The highest BCUT2D eigenvalue weighted by atomic mass is 32.2. The molecule has 0 aliphatic heterocycles. The Morgan fingerprint density at radius 1 is 1.05 bits per heavy atom. The summed E-state index contributed by atoms with van der Waals surface area (Å²) in [5.74, 6) is 0.682. The summed E-state index contributed by atoms with van der Waals surface area (Å²) in [5, 5.41) is 5.79. The molecule has 2 aromatic rings. The van der Waals surface area contributed by atoms with E-state index in [0.717, 1.165) is 23.1 Å². The van der Waals surface area contributed by atoms with Gasteiger partial charge in [0.2, 0.25) is 5.91 Å². The lowest BCUT2D eigenvalue weighted by Gasteiger charge is -2.35. The number of methoxy groups -OCH3 is 1. The molecule has 3 amide bonds. The summed E-state index contributed by atoms with van der Waals surface area (Å²) in [7, 11) is 1.58. The predicted octanol–water partition coefficient (Wildman–Crippen LogP) is 6.27. The van der Waals surface area contributed by atoms with Crippen molar-refractivity contribution < 1.29 is 23.9 Å². The second-order valence-corrected chi connectivity index (χ2v) is 11.8. The van der Waals surface area contributed by atoms with Crippen LogP contribution >= 0.6 is 11.8 Å². The minimum atomic E-state index is -0.904. The van der Waals surface area contributed by atoms with Crippen LogP contribution in [0.4, 0.5) is 10.5 Å². The molecule has 8 nitrogen and oxygen atoms in total. The molecule has 0 radical (unpaired) electrons. The number of unbranched alkanes of at least 4 members (excludes halogenated alkanes) is 1. The second-order valence-electron chi connectivity index (χ2n) is 10.8. The normalized spacial score (nSPS) is 12.7. The SMILES string of the molecule is CCCCN(C(=O)C(CCSC)NC(=O)OC(C)(C)C)C(C(=O)Nc1ccc(OC)cc1)c1cc(C)ccc1C. The molecule has 0 aromatic heterocycles. The molecule has 0 spiro atoms. The van der Waals surface area contributed by atoms with E-state index in [-0.39, 0.29) is 11.8 Å². The number of anilines is 1. The number of amides is 3. The van der Waals surface area contributed by atoms with E-state index in [9.17, 15) is 14.4 Å². The van der Waals surface area contributed by atoms with Crippen LogP contribution in [0.5, 0.6) is 5.75 Å². The number of carbonyl (C=O) groups is 3. The lowest BCUT2D eigenvalue weighted by Crippen LogP contribution is -2.53. The molecule has 2 N–H and O–H groups in total. The van der Waals surface area contributed by atoms with Crippen molar-refractivity contribution in [3.63, 3.8) is 0 Å². The number of nitrogens with zero attached hydrogens (tertiary/aromatic N) is 1. The first-order chi connectivity index (χ1) is 18.9.